The fourth-order valence-electron chi connectivity index (χ4n) is 3.88. The lowest BCUT2D eigenvalue weighted by Gasteiger charge is -2.29. The first-order valence-corrected chi connectivity index (χ1v) is 11.0. The Morgan fingerprint density at radius 1 is 0.886 bits per heavy atom. The largest absolute Gasteiger partial charge is 0.573 e. The van der Waals surface area contributed by atoms with Crippen molar-refractivity contribution in [3.63, 3.8) is 0 Å². The molecule has 0 aliphatic heterocycles. The van der Waals surface area contributed by atoms with Gasteiger partial charge in [-0.3, -0.25) is 0 Å². The molecule has 1 N–H and O–H groups in total. The Morgan fingerprint density at radius 2 is 1.40 bits per heavy atom. The minimum absolute atomic E-state index is 0.104. The number of hydrogen-bond acceptors (Lipinski definition) is 5. The number of nitrogens with zero attached hydrogens (tertiary/aromatic N) is 1. The number of anilines is 2. The van der Waals surface area contributed by atoms with Crippen LogP contribution in [0.25, 0.3) is 0 Å². The van der Waals surface area contributed by atoms with Gasteiger partial charge in [0.1, 0.15) is 18.2 Å². The van der Waals surface area contributed by atoms with E-state index in [1.807, 2.05) is 0 Å². The molecule has 3 rings (SSSR count). The standard InChI is InChI=1S/C24H25F4NO6/c25-18-5-7-19(8-6-18)29(20-9-11-21(12-10-20)35-24(26,27)28)23(32)34-14-17-3-1-16(2-4-17)13-33-15-22(30)31/h5-12,16-17H,1-4,13-15H2,(H,30,31). The van der Waals surface area contributed by atoms with Crippen LogP contribution in [0.2, 0.25) is 0 Å². The van der Waals surface area contributed by atoms with Gasteiger partial charge in [0, 0.05) is 0 Å². The third-order valence-corrected chi connectivity index (χ3v) is 5.58. The molecule has 7 nitrogen and oxygen atoms in total. The predicted molar refractivity (Wildman–Crippen MR) is 117 cm³/mol. The number of carbonyl (C=O) groups excluding carboxylic acids is 1. The number of aliphatic carboxylic acids is 1. The summed E-state index contributed by atoms with van der Waals surface area (Å²) in [5.74, 6) is -1.63. The van der Waals surface area contributed by atoms with Crippen LogP contribution in [0.15, 0.2) is 48.5 Å². The Bertz CT molecular complexity index is 973. The van der Waals surface area contributed by atoms with Gasteiger partial charge in [-0.15, -0.1) is 13.2 Å². The Morgan fingerprint density at radius 3 is 1.91 bits per heavy atom. The first kappa shape index (κ1) is 26.3. The van der Waals surface area contributed by atoms with Crippen molar-refractivity contribution >= 4 is 23.4 Å². The number of hydrogen-bond donors (Lipinski definition) is 1. The summed E-state index contributed by atoms with van der Waals surface area (Å²) in [6.07, 6.45) is -2.44. The second kappa shape index (κ2) is 11.9. The Labute approximate surface area is 199 Å². The van der Waals surface area contributed by atoms with E-state index in [2.05, 4.69) is 4.74 Å². The van der Waals surface area contributed by atoms with Crippen molar-refractivity contribution in [1.29, 1.82) is 0 Å². The molecule has 0 bridgehead atoms. The van der Waals surface area contributed by atoms with E-state index in [0.29, 0.717) is 6.61 Å². The summed E-state index contributed by atoms with van der Waals surface area (Å²) in [6, 6.07) is 9.72. The number of carboxylic acids is 1. The van der Waals surface area contributed by atoms with E-state index in [0.717, 1.165) is 54.8 Å². The van der Waals surface area contributed by atoms with Gasteiger partial charge in [0.25, 0.3) is 0 Å². The highest BCUT2D eigenvalue weighted by Gasteiger charge is 2.31. The molecule has 2 aromatic rings. The molecule has 0 saturated heterocycles. The van der Waals surface area contributed by atoms with Gasteiger partial charge in [-0.25, -0.2) is 18.9 Å². The minimum atomic E-state index is -4.85. The summed E-state index contributed by atoms with van der Waals surface area (Å²) in [7, 11) is 0. The van der Waals surface area contributed by atoms with Crippen LogP contribution in [0, 0.1) is 17.7 Å². The Hall–Kier alpha value is -3.34. The zero-order valence-electron chi connectivity index (χ0n) is 18.7. The average Bonchev–Trinajstić information content (AvgIpc) is 2.80. The number of alkyl halides is 3. The quantitative estimate of drug-likeness (QED) is 0.432. The maximum Gasteiger partial charge on any atom is 0.573 e. The third kappa shape index (κ3) is 8.43. The molecule has 0 spiro atoms. The van der Waals surface area contributed by atoms with Gasteiger partial charge in [-0.1, -0.05) is 0 Å². The van der Waals surface area contributed by atoms with Crippen LogP contribution in [0.1, 0.15) is 25.7 Å². The van der Waals surface area contributed by atoms with Crippen LogP contribution in [0.5, 0.6) is 5.75 Å². The number of amides is 1. The molecular weight excluding hydrogens is 474 g/mol. The van der Waals surface area contributed by atoms with Crippen molar-refractivity contribution in [3.8, 4) is 5.75 Å². The number of carbonyl (C=O) groups is 2. The number of carboxylic acid groups (broad SMARTS) is 1. The lowest BCUT2D eigenvalue weighted by molar-refractivity contribution is -0.274. The summed E-state index contributed by atoms with van der Waals surface area (Å²) in [5.41, 5.74) is 0.496. The van der Waals surface area contributed by atoms with Gasteiger partial charge in [0.2, 0.25) is 0 Å². The summed E-state index contributed by atoms with van der Waals surface area (Å²) >= 11 is 0. The van der Waals surface area contributed by atoms with Gasteiger partial charge in [0.15, 0.2) is 0 Å². The topological polar surface area (TPSA) is 85.3 Å². The molecule has 1 saturated carbocycles. The molecule has 0 radical (unpaired) electrons. The first-order chi connectivity index (χ1) is 16.6. The predicted octanol–water partition coefficient (Wildman–Crippen LogP) is 5.91. The molecular formula is C24H25F4NO6. The first-order valence-electron chi connectivity index (χ1n) is 11.0. The maximum atomic E-state index is 13.4. The number of rotatable bonds is 9. The van der Waals surface area contributed by atoms with E-state index in [9.17, 15) is 27.2 Å². The van der Waals surface area contributed by atoms with E-state index in [4.69, 9.17) is 14.6 Å². The molecule has 1 aliphatic rings. The van der Waals surface area contributed by atoms with Gasteiger partial charge in [0.05, 0.1) is 24.6 Å². The lowest BCUT2D eigenvalue weighted by atomic mass is 9.83. The number of ether oxygens (including phenoxy) is 3. The van der Waals surface area contributed by atoms with E-state index in [-0.39, 0.29) is 36.4 Å². The minimum Gasteiger partial charge on any atom is -0.480 e. The fourth-order valence-corrected chi connectivity index (χ4v) is 3.88. The molecule has 0 heterocycles. The lowest BCUT2D eigenvalue weighted by Crippen LogP contribution is -2.30. The number of halogens is 4. The molecule has 0 aromatic heterocycles. The number of benzene rings is 2. The second-order valence-corrected chi connectivity index (χ2v) is 8.23. The van der Waals surface area contributed by atoms with E-state index >= 15 is 0 Å². The van der Waals surface area contributed by atoms with Crippen molar-refractivity contribution in [1.82, 2.24) is 0 Å². The maximum absolute atomic E-state index is 13.4. The molecule has 1 aliphatic carbocycles. The molecule has 35 heavy (non-hydrogen) atoms. The zero-order chi connectivity index (χ0) is 25.4. The molecule has 190 valence electrons. The van der Waals surface area contributed by atoms with Gasteiger partial charge < -0.3 is 19.3 Å². The summed E-state index contributed by atoms with van der Waals surface area (Å²) < 4.78 is 65.3. The monoisotopic (exact) mass is 499 g/mol. The van der Waals surface area contributed by atoms with Crippen LogP contribution in [-0.4, -0.2) is 43.4 Å². The summed E-state index contributed by atoms with van der Waals surface area (Å²) in [4.78, 5) is 24.7. The van der Waals surface area contributed by atoms with Crippen molar-refractivity contribution in [2.24, 2.45) is 11.8 Å². The zero-order valence-corrected chi connectivity index (χ0v) is 18.7. The van der Waals surface area contributed by atoms with Crippen LogP contribution in [0.3, 0.4) is 0 Å². The third-order valence-electron chi connectivity index (χ3n) is 5.58. The smallest absolute Gasteiger partial charge is 0.480 e. The normalized spacial score (nSPS) is 18.1. The molecule has 2 aromatic carbocycles. The molecule has 0 unspecified atom stereocenters. The van der Waals surface area contributed by atoms with E-state index in [1.165, 1.54) is 24.3 Å². The van der Waals surface area contributed by atoms with Gasteiger partial charge >= 0.3 is 18.4 Å². The summed E-state index contributed by atoms with van der Waals surface area (Å²) in [5, 5.41) is 8.64. The van der Waals surface area contributed by atoms with E-state index in [1.54, 1.807) is 0 Å². The fraction of sp³-hybridized carbons (Fsp3) is 0.417. The highest BCUT2D eigenvalue weighted by Crippen LogP contribution is 2.32. The van der Waals surface area contributed by atoms with Crippen LogP contribution in [-0.2, 0) is 14.3 Å². The van der Waals surface area contributed by atoms with Gasteiger partial charge in [-0.2, -0.15) is 0 Å². The Kier molecular flexibility index (Phi) is 8.91. The SMILES string of the molecule is O=C(O)COCC1CCC(COC(=O)N(c2ccc(F)cc2)c2ccc(OC(F)(F)F)cc2)CC1. The van der Waals surface area contributed by atoms with Crippen molar-refractivity contribution < 1.29 is 46.5 Å². The Balaban J connectivity index is 1.62. The molecule has 1 fully saturated rings. The molecule has 11 heteroatoms. The average molecular weight is 499 g/mol. The van der Waals surface area contributed by atoms with Crippen LogP contribution >= 0.6 is 0 Å². The van der Waals surface area contributed by atoms with Crippen molar-refractivity contribution in [2.45, 2.75) is 32.0 Å². The highest BCUT2D eigenvalue weighted by atomic mass is 19.4. The second-order valence-electron chi connectivity index (χ2n) is 8.23. The van der Waals surface area contributed by atoms with Crippen LogP contribution in [0.4, 0.5) is 33.7 Å². The van der Waals surface area contributed by atoms with Crippen LogP contribution < -0.4 is 9.64 Å². The van der Waals surface area contributed by atoms with Crippen molar-refractivity contribution in [2.75, 3.05) is 24.7 Å². The highest BCUT2D eigenvalue weighted by molar-refractivity contribution is 5.96. The van der Waals surface area contributed by atoms with E-state index < -0.39 is 30.0 Å². The molecule has 0 atom stereocenters. The summed E-state index contributed by atoms with van der Waals surface area (Å²) in [6.45, 7) is 0.166. The van der Waals surface area contributed by atoms with Crippen molar-refractivity contribution in [3.05, 3.63) is 54.3 Å². The molecule has 1 amide bonds. The van der Waals surface area contributed by atoms with Gasteiger partial charge in [-0.05, 0) is 86.1 Å².